The van der Waals surface area contributed by atoms with Crippen molar-refractivity contribution in [2.45, 2.75) is 26.2 Å². The minimum atomic E-state index is -0.303. The largest absolute Gasteiger partial charge is 0.445 e. The Hall–Kier alpha value is -3.33. The van der Waals surface area contributed by atoms with Gasteiger partial charge in [0.1, 0.15) is 17.4 Å². The smallest absolute Gasteiger partial charge is 0.247 e. The fraction of sp³-hybridized carbons (Fsp3) is 0.211. The van der Waals surface area contributed by atoms with Gasteiger partial charge in [0, 0.05) is 11.1 Å². The lowest BCUT2D eigenvalue weighted by Crippen LogP contribution is -2.20. The SMILES string of the molecule is C=C(CC)C1=C(C)OC(N)=C(C#N)C1c1ccc(-c2nnco2)cc1. The van der Waals surface area contributed by atoms with Gasteiger partial charge in [0.2, 0.25) is 18.2 Å². The van der Waals surface area contributed by atoms with E-state index < -0.39 is 0 Å². The molecule has 3 rings (SSSR count). The van der Waals surface area contributed by atoms with E-state index in [9.17, 15) is 5.26 Å². The second kappa shape index (κ2) is 6.65. The highest BCUT2D eigenvalue weighted by molar-refractivity contribution is 5.58. The second-order valence-electron chi connectivity index (χ2n) is 5.72. The van der Waals surface area contributed by atoms with Crippen LogP contribution in [0.1, 0.15) is 31.7 Å². The molecule has 0 fully saturated rings. The molecule has 2 N–H and O–H groups in total. The van der Waals surface area contributed by atoms with Crippen LogP contribution in [0.25, 0.3) is 11.5 Å². The van der Waals surface area contributed by atoms with E-state index in [4.69, 9.17) is 14.9 Å². The first kappa shape index (κ1) is 16.5. The van der Waals surface area contributed by atoms with Crippen LogP contribution in [0, 0.1) is 11.3 Å². The maximum atomic E-state index is 9.60. The summed E-state index contributed by atoms with van der Waals surface area (Å²) < 4.78 is 10.8. The van der Waals surface area contributed by atoms with Gasteiger partial charge in [-0.1, -0.05) is 25.6 Å². The molecule has 2 heterocycles. The van der Waals surface area contributed by atoms with Gasteiger partial charge in [-0.3, -0.25) is 0 Å². The van der Waals surface area contributed by atoms with Gasteiger partial charge in [-0.15, -0.1) is 10.2 Å². The van der Waals surface area contributed by atoms with Crippen LogP contribution in [0.15, 0.2) is 70.0 Å². The molecule has 1 aliphatic rings. The summed E-state index contributed by atoms with van der Waals surface area (Å²) in [6, 6.07) is 9.80. The normalized spacial score (nSPS) is 17.2. The lowest BCUT2D eigenvalue weighted by Gasteiger charge is -2.29. The summed E-state index contributed by atoms with van der Waals surface area (Å²) in [6.07, 6.45) is 2.04. The van der Waals surface area contributed by atoms with E-state index >= 15 is 0 Å². The number of hydrogen-bond acceptors (Lipinski definition) is 6. The van der Waals surface area contributed by atoms with Gasteiger partial charge in [-0.05, 0) is 36.6 Å². The van der Waals surface area contributed by atoms with E-state index in [1.807, 2.05) is 38.1 Å². The number of nitrogens with two attached hydrogens (primary N) is 1. The Bertz CT molecular complexity index is 900. The molecule has 0 radical (unpaired) electrons. The molecule has 25 heavy (non-hydrogen) atoms. The lowest BCUT2D eigenvalue weighted by atomic mass is 9.79. The Kier molecular flexibility index (Phi) is 4.40. The van der Waals surface area contributed by atoms with Crippen molar-refractivity contribution in [2.24, 2.45) is 5.73 Å². The predicted octanol–water partition coefficient (Wildman–Crippen LogP) is 3.78. The van der Waals surface area contributed by atoms with Crippen LogP contribution in [-0.4, -0.2) is 10.2 Å². The molecular weight excluding hydrogens is 316 g/mol. The zero-order chi connectivity index (χ0) is 18.0. The summed E-state index contributed by atoms with van der Waals surface area (Å²) >= 11 is 0. The maximum absolute atomic E-state index is 9.60. The molecule has 2 aromatic rings. The van der Waals surface area contributed by atoms with Crippen molar-refractivity contribution in [3.63, 3.8) is 0 Å². The fourth-order valence-electron chi connectivity index (χ4n) is 2.98. The number of ether oxygens (including phenoxy) is 1. The minimum Gasteiger partial charge on any atom is -0.445 e. The number of allylic oxidation sites excluding steroid dienone is 4. The van der Waals surface area contributed by atoms with Crippen molar-refractivity contribution in [3.8, 4) is 17.5 Å². The van der Waals surface area contributed by atoms with Crippen molar-refractivity contribution < 1.29 is 9.15 Å². The third-order valence-electron chi connectivity index (χ3n) is 4.26. The molecule has 0 saturated carbocycles. The number of aromatic nitrogens is 2. The monoisotopic (exact) mass is 334 g/mol. The number of benzene rings is 1. The average molecular weight is 334 g/mol. The van der Waals surface area contributed by atoms with E-state index in [-0.39, 0.29) is 11.8 Å². The molecule has 1 aromatic carbocycles. The predicted molar refractivity (Wildman–Crippen MR) is 92.5 cm³/mol. The number of hydrogen-bond donors (Lipinski definition) is 1. The Morgan fingerprint density at radius 3 is 2.64 bits per heavy atom. The van der Waals surface area contributed by atoms with Gasteiger partial charge >= 0.3 is 0 Å². The van der Waals surface area contributed by atoms with Crippen LogP contribution in [0.5, 0.6) is 0 Å². The van der Waals surface area contributed by atoms with Gasteiger partial charge in [-0.2, -0.15) is 5.26 Å². The Morgan fingerprint density at radius 1 is 1.36 bits per heavy atom. The highest BCUT2D eigenvalue weighted by Crippen LogP contribution is 2.42. The first-order chi connectivity index (χ1) is 12.1. The van der Waals surface area contributed by atoms with Crippen LogP contribution >= 0.6 is 0 Å². The highest BCUT2D eigenvalue weighted by atomic mass is 16.5. The quantitative estimate of drug-likeness (QED) is 0.913. The molecule has 1 atom stereocenters. The highest BCUT2D eigenvalue weighted by Gasteiger charge is 2.32. The van der Waals surface area contributed by atoms with Gasteiger partial charge in [0.25, 0.3) is 0 Å². The van der Waals surface area contributed by atoms with Gasteiger partial charge in [0.05, 0.1) is 5.92 Å². The first-order valence-electron chi connectivity index (χ1n) is 7.89. The van der Waals surface area contributed by atoms with Crippen LogP contribution < -0.4 is 5.73 Å². The van der Waals surface area contributed by atoms with Gasteiger partial charge in [-0.25, -0.2) is 0 Å². The molecular formula is C19H18N4O2. The summed E-state index contributed by atoms with van der Waals surface area (Å²) in [5.41, 5.74) is 9.90. The molecule has 0 saturated heterocycles. The Labute approximate surface area is 145 Å². The van der Waals surface area contributed by atoms with E-state index in [2.05, 4.69) is 22.8 Å². The zero-order valence-electron chi connectivity index (χ0n) is 14.1. The average Bonchev–Trinajstić information content (AvgIpc) is 3.15. The molecule has 1 aliphatic heterocycles. The molecule has 0 spiro atoms. The molecule has 1 aromatic heterocycles. The fourth-order valence-corrected chi connectivity index (χ4v) is 2.98. The third kappa shape index (κ3) is 2.92. The zero-order valence-corrected chi connectivity index (χ0v) is 14.1. The molecule has 6 nitrogen and oxygen atoms in total. The van der Waals surface area contributed by atoms with Crippen LogP contribution in [0.3, 0.4) is 0 Å². The van der Waals surface area contributed by atoms with Crippen molar-refractivity contribution in [3.05, 3.63) is 71.2 Å². The van der Waals surface area contributed by atoms with Gasteiger partial charge < -0.3 is 14.9 Å². The second-order valence-corrected chi connectivity index (χ2v) is 5.72. The van der Waals surface area contributed by atoms with Crippen molar-refractivity contribution in [1.82, 2.24) is 10.2 Å². The van der Waals surface area contributed by atoms with E-state index in [1.165, 1.54) is 6.39 Å². The van der Waals surface area contributed by atoms with E-state index in [0.717, 1.165) is 28.7 Å². The third-order valence-corrected chi connectivity index (χ3v) is 4.26. The Balaban J connectivity index is 2.08. The number of nitrogens with zero attached hydrogens (tertiary/aromatic N) is 3. The van der Waals surface area contributed by atoms with E-state index in [1.54, 1.807) is 0 Å². The summed E-state index contributed by atoms with van der Waals surface area (Å²) in [5.74, 6) is 0.954. The van der Waals surface area contributed by atoms with Crippen LogP contribution in [-0.2, 0) is 4.74 Å². The van der Waals surface area contributed by atoms with Gasteiger partial charge in [0.15, 0.2) is 0 Å². The van der Waals surface area contributed by atoms with Crippen molar-refractivity contribution in [2.75, 3.05) is 0 Å². The standard InChI is InChI=1S/C19H18N4O2/c1-4-11(2)16-12(3)25-18(21)15(9-20)17(16)13-5-7-14(8-6-13)19-23-22-10-24-19/h5-8,10,17H,2,4,21H2,1,3H3. The summed E-state index contributed by atoms with van der Waals surface area (Å²) in [5, 5.41) is 17.2. The van der Waals surface area contributed by atoms with Crippen molar-refractivity contribution >= 4 is 0 Å². The first-order valence-corrected chi connectivity index (χ1v) is 7.89. The lowest BCUT2D eigenvalue weighted by molar-refractivity contribution is 0.281. The Morgan fingerprint density at radius 2 is 2.08 bits per heavy atom. The van der Waals surface area contributed by atoms with E-state index in [0.29, 0.717) is 17.2 Å². The molecule has 0 aliphatic carbocycles. The number of rotatable bonds is 4. The number of nitriles is 1. The van der Waals surface area contributed by atoms with Crippen LogP contribution in [0.4, 0.5) is 0 Å². The maximum Gasteiger partial charge on any atom is 0.247 e. The topological polar surface area (TPSA) is 98.0 Å². The summed E-state index contributed by atoms with van der Waals surface area (Å²) in [4.78, 5) is 0. The molecule has 0 amide bonds. The van der Waals surface area contributed by atoms with Crippen LogP contribution in [0.2, 0.25) is 0 Å². The minimum absolute atomic E-state index is 0.138. The summed E-state index contributed by atoms with van der Waals surface area (Å²) in [7, 11) is 0. The van der Waals surface area contributed by atoms with Crippen molar-refractivity contribution in [1.29, 1.82) is 5.26 Å². The molecule has 0 bridgehead atoms. The molecule has 126 valence electrons. The molecule has 1 unspecified atom stereocenters. The molecule has 6 heteroatoms. The summed E-state index contributed by atoms with van der Waals surface area (Å²) in [6.45, 7) is 8.00.